The molecule has 0 saturated heterocycles. The molecule has 0 unspecified atom stereocenters. The lowest BCUT2D eigenvalue weighted by atomic mass is 9.96. The van der Waals surface area contributed by atoms with Crippen molar-refractivity contribution >= 4 is 0 Å². The normalized spacial score (nSPS) is 16.2. The van der Waals surface area contributed by atoms with Gasteiger partial charge in [-0.3, -0.25) is 0 Å². The Balaban J connectivity index is 1.98. The summed E-state index contributed by atoms with van der Waals surface area (Å²) < 4.78 is 2.45. The van der Waals surface area contributed by atoms with Crippen LogP contribution in [-0.4, -0.2) is 0 Å². The minimum absolute atomic E-state index is 1.14. The maximum absolute atomic E-state index is 2.45. The highest BCUT2D eigenvalue weighted by Gasteiger charge is 2.25. The highest BCUT2D eigenvalue weighted by Crippen LogP contribution is 2.29. The lowest BCUT2D eigenvalue weighted by Gasteiger charge is -2.15. The SMILES string of the molecule is c1ccc2c(c1)CC[n+]1cc3c(cc1-2)CCC3. The molecular weight excluding hydrogens is 206 g/mol. The highest BCUT2D eigenvalue weighted by atomic mass is 15.0. The zero-order chi connectivity index (χ0) is 11.2. The lowest BCUT2D eigenvalue weighted by Crippen LogP contribution is -2.40. The van der Waals surface area contributed by atoms with Crippen molar-refractivity contribution < 1.29 is 4.57 Å². The Morgan fingerprint density at radius 2 is 1.76 bits per heavy atom. The monoisotopic (exact) mass is 222 g/mol. The number of aromatic nitrogens is 1. The predicted molar refractivity (Wildman–Crippen MR) is 67.8 cm³/mol. The summed E-state index contributed by atoms with van der Waals surface area (Å²) in [6, 6.07) is 11.3. The van der Waals surface area contributed by atoms with E-state index in [1.807, 2.05) is 0 Å². The molecule has 0 fully saturated rings. The topological polar surface area (TPSA) is 3.88 Å². The van der Waals surface area contributed by atoms with Gasteiger partial charge in [0.25, 0.3) is 0 Å². The van der Waals surface area contributed by atoms with Crippen molar-refractivity contribution in [3.05, 3.63) is 53.2 Å². The van der Waals surface area contributed by atoms with Gasteiger partial charge in [-0.25, -0.2) is 0 Å². The van der Waals surface area contributed by atoms with Crippen LogP contribution in [0.15, 0.2) is 36.5 Å². The smallest absolute Gasteiger partial charge is 0.198 e. The maximum atomic E-state index is 2.45. The number of aryl methyl sites for hydroxylation is 4. The third-order valence-electron chi connectivity index (χ3n) is 4.15. The Morgan fingerprint density at radius 3 is 2.76 bits per heavy atom. The van der Waals surface area contributed by atoms with Crippen LogP contribution in [0.3, 0.4) is 0 Å². The van der Waals surface area contributed by atoms with Crippen molar-refractivity contribution in [2.75, 3.05) is 0 Å². The lowest BCUT2D eigenvalue weighted by molar-refractivity contribution is -0.688. The molecule has 0 radical (unpaired) electrons. The Morgan fingerprint density at radius 1 is 0.882 bits per heavy atom. The first-order chi connectivity index (χ1) is 8.42. The molecule has 1 aliphatic carbocycles. The summed E-state index contributed by atoms with van der Waals surface area (Å²) in [5, 5.41) is 0. The molecule has 1 aromatic carbocycles. The molecule has 17 heavy (non-hydrogen) atoms. The van der Waals surface area contributed by atoms with Crippen LogP contribution >= 0.6 is 0 Å². The summed E-state index contributed by atoms with van der Waals surface area (Å²) >= 11 is 0. The van der Waals surface area contributed by atoms with Gasteiger partial charge in [0.2, 0.25) is 5.69 Å². The molecule has 4 rings (SSSR count). The molecule has 1 aromatic heterocycles. The Hall–Kier alpha value is -1.63. The van der Waals surface area contributed by atoms with Crippen LogP contribution in [0.5, 0.6) is 0 Å². The van der Waals surface area contributed by atoms with Crippen LogP contribution in [0.1, 0.15) is 23.1 Å². The second-order valence-electron chi connectivity index (χ2n) is 5.16. The molecule has 0 N–H and O–H groups in total. The molecule has 0 saturated carbocycles. The molecule has 2 heterocycles. The second kappa shape index (κ2) is 3.43. The van der Waals surface area contributed by atoms with Crippen molar-refractivity contribution in [3.8, 4) is 11.3 Å². The van der Waals surface area contributed by atoms with Crippen molar-refractivity contribution in [1.82, 2.24) is 0 Å². The quantitative estimate of drug-likeness (QED) is 0.603. The summed E-state index contributed by atoms with van der Waals surface area (Å²) in [6.07, 6.45) is 7.45. The van der Waals surface area contributed by atoms with Gasteiger partial charge in [0.1, 0.15) is 0 Å². The van der Waals surface area contributed by atoms with Gasteiger partial charge in [-0.2, -0.15) is 4.57 Å². The molecule has 0 spiro atoms. The molecule has 84 valence electrons. The van der Waals surface area contributed by atoms with Gasteiger partial charge in [0.15, 0.2) is 12.7 Å². The van der Waals surface area contributed by atoms with E-state index in [1.54, 1.807) is 11.1 Å². The summed E-state index contributed by atoms with van der Waals surface area (Å²) in [6.45, 7) is 1.14. The van der Waals surface area contributed by atoms with E-state index >= 15 is 0 Å². The largest absolute Gasteiger partial charge is 0.213 e. The fraction of sp³-hybridized carbons (Fsp3) is 0.312. The van der Waals surface area contributed by atoms with E-state index in [0.29, 0.717) is 0 Å². The summed E-state index contributed by atoms with van der Waals surface area (Å²) in [5.41, 5.74) is 7.52. The first-order valence-corrected chi connectivity index (χ1v) is 6.55. The molecule has 0 bridgehead atoms. The van der Waals surface area contributed by atoms with Crippen LogP contribution in [0.25, 0.3) is 11.3 Å². The average molecular weight is 222 g/mol. The Labute approximate surface area is 102 Å². The van der Waals surface area contributed by atoms with Gasteiger partial charge in [0.05, 0.1) is 0 Å². The van der Waals surface area contributed by atoms with Gasteiger partial charge >= 0.3 is 0 Å². The minimum atomic E-state index is 1.14. The number of rotatable bonds is 0. The van der Waals surface area contributed by atoms with E-state index in [-0.39, 0.29) is 0 Å². The number of hydrogen-bond donors (Lipinski definition) is 0. The molecule has 2 aliphatic rings. The van der Waals surface area contributed by atoms with Crippen LogP contribution in [0.4, 0.5) is 0 Å². The van der Waals surface area contributed by atoms with E-state index in [0.717, 1.165) is 6.54 Å². The molecule has 1 nitrogen and oxygen atoms in total. The fourth-order valence-corrected chi connectivity index (χ4v) is 3.25. The Kier molecular flexibility index (Phi) is 1.90. The van der Waals surface area contributed by atoms with Gasteiger partial charge < -0.3 is 0 Å². The molecule has 2 aromatic rings. The van der Waals surface area contributed by atoms with Crippen LogP contribution in [-0.2, 0) is 25.8 Å². The van der Waals surface area contributed by atoms with Gasteiger partial charge in [-0.1, -0.05) is 18.2 Å². The zero-order valence-electron chi connectivity index (χ0n) is 9.95. The number of pyridine rings is 1. The van der Waals surface area contributed by atoms with E-state index in [9.17, 15) is 0 Å². The first-order valence-electron chi connectivity index (χ1n) is 6.55. The van der Waals surface area contributed by atoms with Gasteiger partial charge in [0, 0.05) is 23.6 Å². The summed E-state index contributed by atoms with van der Waals surface area (Å²) in [7, 11) is 0. The third-order valence-corrected chi connectivity index (χ3v) is 4.15. The standard InChI is InChI=1S/C16H16N/c1-2-7-15-12(4-1)8-9-17-11-14-6-3-5-13(14)10-16(15)17/h1-2,4,7,10-11H,3,5-6,8-9H2/q+1. The van der Waals surface area contributed by atoms with E-state index in [1.165, 1.54) is 42.5 Å². The molecule has 1 aliphatic heterocycles. The predicted octanol–water partition coefficient (Wildman–Crippen LogP) is 2.69. The Bertz CT molecular complexity index is 598. The highest BCUT2D eigenvalue weighted by molar-refractivity contribution is 5.63. The van der Waals surface area contributed by atoms with Gasteiger partial charge in [-0.05, 0) is 36.5 Å². The van der Waals surface area contributed by atoms with Gasteiger partial charge in [-0.15, -0.1) is 0 Å². The molecular formula is C16H16N+. The van der Waals surface area contributed by atoms with E-state index in [4.69, 9.17) is 0 Å². The van der Waals surface area contributed by atoms with Crippen LogP contribution in [0, 0.1) is 0 Å². The fourth-order valence-electron chi connectivity index (χ4n) is 3.25. The van der Waals surface area contributed by atoms with Crippen LogP contribution < -0.4 is 4.57 Å². The number of benzene rings is 1. The van der Waals surface area contributed by atoms with E-state index < -0.39 is 0 Å². The summed E-state index contributed by atoms with van der Waals surface area (Å²) in [5.74, 6) is 0. The molecule has 0 amide bonds. The second-order valence-corrected chi connectivity index (χ2v) is 5.16. The average Bonchev–Trinajstić information content (AvgIpc) is 2.83. The summed E-state index contributed by atoms with van der Waals surface area (Å²) in [4.78, 5) is 0. The zero-order valence-corrected chi connectivity index (χ0v) is 9.95. The van der Waals surface area contributed by atoms with Crippen molar-refractivity contribution in [2.45, 2.75) is 32.2 Å². The minimum Gasteiger partial charge on any atom is -0.198 e. The number of hydrogen-bond acceptors (Lipinski definition) is 0. The van der Waals surface area contributed by atoms with Crippen molar-refractivity contribution in [3.63, 3.8) is 0 Å². The molecule has 0 atom stereocenters. The maximum Gasteiger partial charge on any atom is 0.213 e. The van der Waals surface area contributed by atoms with Crippen molar-refractivity contribution in [2.24, 2.45) is 0 Å². The number of fused-ring (bicyclic) bond motifs is 4. The molecule has 1 heteroatoms. The third kappa shape index (κ3) is 1.35. The first kappa shape index (κ1) is 9.41. The van der Waals surface area contributed by atoms with Crippen molar-refractivity contribution in [1.29, 1.82) is 0 Å². The number of nitrogens with zero attached hydrogens (tertiary/aromatic N) is 1. The van der Waals surface area contributed by atoms with E-state index in [2.05, 4.69) is 41.1 Å². The van der Waals surface area contributed by atoms with Crippen LogP contribution in [0.2, 0.25) is 0 Å².